The van der Waals surface area contributed by atoms with E-state index in [-0.39, 0.29) is 11.5 Å². The van der Waals surface area contributed by atoms with Crippen LogP contribution in [0.3, 0.4) is 0 Å². The van der Waals surface area contributed by atoms with Gasteiger partial charge in [-0.1, -0.05) is 0 Å². The molecular weight excluding hydrogens is 384 g/mol. The van der Waals surface area contributed by atoms with Crippen molar-refractivity contribution in [2.45, 2.75) is 44.6 Å². The van der Waals surface area contributed by atoms with E-state index in [0.29, 0.717) is 22.4 Å². The van der Waals surface area contributed by atoms with Gasteiger partial charge in [0.1, 0.15) is 0 Å². The van der Waals surface area contributed by atoms with Gasteiger partial charge in [0.2, 0.25) is 5.75 Å². The molecule has 1 aliphatic heterocycles. The van der Waals surface area contributed by atoms with Gasteiger partial charge in [-0.3, -0.25) is 0 Å². The summed E-state index contributed by atoms with van der Waals surface area (Å²) in [6.07, 6.45) is 10.6. The van der Waals surface area contributed by atoms with Gasteiger partial charge in [0.15, 0.2) is 16.6 Å². The van der Waals surface area contributed by atoms with E-state index in [0.717, 1.165) is 23.3 Å². The lowest BCUT2D eigenvalue weighted by molar-refractivity contribution is -0.0331. The molecule has 5 aliphatic rings. The third kappa shape index (κ3) is 3.16. The van der Waals surface area contributed by atoms with Crippen molar-refractivity contribution in [2.24, 2.45) is 23.2 Å². The Morgan fingerprint density at radius 1 is 0.897 bits per heavy atom. The molecule has 1 aromatic rings. The summed E-state index contributed by atoms with van der Waals surface area (Å²) in [4.78, 5) is 0. The van der Waals surface area contributed by atoms with Gasteiger partial charge in [0.05, 0.1) is 27.4 Å². The zero-order valence-electron chi connectivity index (χ0n) is 17.4. The van der Waals surface area contributed by atoms with E-state index < -0.39 is 0 Å². The van der Waals surface area contributed by atoms with Crippen LogP contribution in [-0.2, 0) is 0 Å². The molecule has 0 aromatic heterocycles. The van der Waals surface area contributed by atoms with Gasteiger partial charge >= 0.3 is 0 Å². The topological polar surface area (TPSA) is 51.8 Å². The molecule has 156 valence electrons. The van der Waals surface area contributed by atoms with E-state index in [1.54, 1.807) is 21.3 Å². The summed E-state index contributed by atoms with van der Waals surface area (Å²) in [7, 11) is 4.93. The number of hydrogen-bond acceptors (Lipinski definition) is 4. The van der Waals surface area contributed by atoms with Gasteiger partial charge in [0.25, 0.3) is 0 Å². The zero-order valence-corrected chi connectivity index (χ0v) is 18.2. The number of allylic oxidation sites excluding steroid dienone is 1. The normalized spacial score (nSPS) is 34.9. The number of nitrogens with one attached hydrogen (secondary N) is 2. The summed E-state index contributed by atoms with van der Waals surface area (Å²) in [6, 6.07) is 4.02. The van der Waals surface area contributed by atoms with Crippen molar-refractivity contribution in [1.29, 1.82) is 0 Å². The van der Waals surface area contributed by atoms with Crippen LogP contribution in [0.4, 0.5) is 0 Å². The molecule has 0 saturated heterocycles. The summed E-state index contributed by atoms with van der Waals surface area (Å²) in [5.41, 5.74) is 2.67. The third-order valence-corrected chi connectivity index (χ3v) is 7.74. The minimum atomic E-state index is -0.0135. The highest BCUT2D eigenvalue weighted by Gasteiger charge is 2.53. The lowest BCUT2D eigenvalue weighted by atomic mass is 9.48. The number of benzene rings is 1. The Bertz CT molecular complexity index is 805. The fraction of sp³-hybridized carbons (Fsp3) is 0.609. The Kier molecular flexibility index (Phi) is 4.65. The van der Waals surface area contributed by atoms with Crippen molar-refractivity contribution >= 4 is 17.3 Å². The second-order valence-electron chi connectivity index (χ2n) is 9.31. The van der Waals surface area contributed by atoms with E-state index in [1.165, 1.54) is 44.2 Å². The van der Waals surface area contributed by atoms with Gasteiger partial charge in [-0.15, -0.1) is 0 Å². The molecule has 1 heterocycles. The van der Waals surface area contributed by atoms with E-state index in [9.17, 15) is 0 Å². The van der Waals surface area contributed by atoms with Gasteiger partial charge in [0, 0.05) is 11.1 Å². The van der Waals surface area contributed by atoms with Gasteiger partial charge < -0.3 is 24.8 Å². The molecule has 4 fully saturated rings. The minimum absolute atomic E-state index is 0.0135. The number of ether oxygens (including phenoxy) is 3. The van der Waals surface area contributed by atoms with Crippen LogP contribution in [0.1, 0.15) is 50.1 Å². The first kappa shape index (κ1) is 19.0. The predicted octanol–water partition coefficient (Wildman–Crippen LogP) is 4.33. The molecule has 6 heteroatoms. The van der Waals surface area contributed by atoms with Crippen molar-refractivity contribution in [3.63, 3.8) is 0 Å². The maximum atomic E-state index is 5.64. The summed E-state index contributed by atoms with van der Waals surface area (Å²) < 4.78 is 16.6. The molecule has 0 spiro atoms. The molecule has 1 atom stereocenters. The Morgan fingerprint density at radius 3 is 1.93 bits per heavy atom. The van der Waals surface area contributed by atoms with Crippen LogP contribution in [0.25, 0.3) is 0 Å². The maximum Gasteiger partial charge on any atom is 0.203 e. The fourth-order valence-electron chi connectivity index (χ4n) is 6.76. The van der Waals surface area contributed by atoms with E-state index in [1.807, 2.05) is 12.1 Å². The lowest BCUT2D eigenvalue weighted by Crippen LogP contribution is -2.53. The first-order valence-electron chi connectivity index (χ1n) is 10.6. The number of methoxy groups -OCH3 is 3. The first-order valence-corrected chi connectivity index (χ1v) is 11.0. The Morgan fingerprint density at radius 2 is 1.45 bits per heavy atom. The van der Waals surface area contributed by atoms with Crippen molar-refractivity contribution in [3.8, 4) is 17.2 Å². The molecule has 0 radical (unpaired) electrons. The quantitative estimate of drug-likeness (QED) is 0.700. The Labute approximate surface area is 178 Å². The summed E-state index contributed by atoms with van der Waals surface area (Å²) in [6.45, 7) is 0. The van der Waals surface area contributed by atoms with Crippen LogP contribution in [0.15, 0.2) is 23.9 Å². The molecule has 4 saturated carbocycles. The zero-order chi connectivity index (χ0) is 20.2. The number of hydrogen-bond donors (Lipinski definition) is 2. The van der Waals surface area contributed by atoms with Crippen LogP contribution < -0.4 is 24.8 Å². The molecule has 2 N–H and O–H groups in total. The second kappa shape index (κ2) is 7.08. The van der Waals surface area contributed by atoms with Crippen molar-refractivity contribution in [2.75, 3.05) is 21.3 Å². The molecule has 29 heavy (non-hydrogen) atoms. The smallest absolute Gasteiger partial charge is 0.203 e. The predicted molar refractivity (Wildman–Crippen MR) is 116 cm³/mol. The third-order valence-electron chi connectivity index (χ3n) is 7.52. The first-order chi connectivity index (χ1) is 14.0. The highest BCUT2D eigenvalue weighted by Crippen LogP contribution is 2.62. The summed E-state index contributed by atoms with van der Waals surface area (Å²) >= 11 is 5.64. The van der Waals surface area contributed by atoms with Crippen LogP contribution in [-0.4, -0.2) is 26.4 Å². The van der Waals surface area contributed by atoms with Crippen LogP contribution in [0.2, 0.25) is 0 Å². The summed E-state index contributed by atoms with van der Waals surface area (Å²) in [5, 5.41) is 7.68. The Hall–Kier alpha value is -1.95. The van der Waals surface area contributed by atoms with E-state index >= 15 is 0 Å². The molecular formula is C23H30N2O3S. The van der Waals surface area contributed by atoms with Crippen molar-refractivity contribution in [3.05, 3.63) is 29.5 Å². The largest absolute Gasteiger partial charge is 0.493 e. The average molecular weight is 415 g/mol. The highest BCUT2D eigenvalue weighted by molar-refractivity contribution is 7.80. The molecule has 4 bridgehead atoms. The lowest BCUT2D eigenvalue weighted by Gasteiger charge is -2.58. The van der Waals surface area contributed by atoms with Gasteiger partial charge in [-0.05, 0) is 92.3 Å². The number of thiocarbonyl (C=S) groups is 1. The second-order valence-corrected chi connectivity index (χ2v) is 9.72. The van der Waals surface area contributed by atoms with Gasteiger partial charge in [-0.25, -0.2) is 0 Å². The van der Waals surface area contributed by atoms with Crippen LogP contribution in [0, 0.1) is 23.2 Å². The molecule has 1 aromatic carbocycles. The highest BCUT2D eigenvalue weighted by atomic mass is 32.1. The average Bonchev–Trinajstić information content (AvgIpc) is 2.71. The Balaban J connectivity index is 1.52. The molecule has 4 aliphatic carbocycles. The number of rotatable bonds is 5. The minimum Gasteiger partial charge on any atom is -0.493 e. The molecule has 6 rings (SSSR count). The SMILES string of the molecule is COc1cc([C@H]2C=C(C34CC5CC(CC(C5)C3)C4)NC(=S)N2)cc(OC)c1OC. The fourth-order valence-corrected chi connectivity index (χ4v) is 7.00. The standard InChI is InChI=1S/C23H30N2O3S/c1-26-18-7-16(8-19(27-2)21(18)28-3)17-9-20(25-22(29)24-17)23-10-13-4-14(11-23)6-15(5-13)12-23/h7-9,13-15,17H,4-6,10-12H2,1-3H3,(H2,24,25,29)/t13?,14?,15?,17-,23?/m1/s1. The van der Waals surface area contributed by atoms with Crippen molar-refractivity contribution < 1.29 is 14.2 Å². The summed E-state index contributed by atoms with van der Waals surface area (Å²) in [5.74, 6) is 4.63. The molecule has 5 nitrogen and oxygen atoms in total. The van der Waals surface area contributed by atoms with E-state index in [4.69, 9.17) is 26.4 Å². The van der Waals surface area contributed by atoms with Crippen LogP contribution >= 0.6 is 12.2 Å². The van der Waals surface area contributed by atoms with Crippen LogP contribution in [0.5, 0.6) is 17.2 Å². The molecule has 0 unspecified atom stereocenters. The van der Waals surface area contributed by atoms with E-state index in [2.05, 4.69) is 16.7 Å². The van der Waals surface area contributed by atoms with Gasteiger partial charge in [-0.2, -0.15) is 0 Å². The van der Waals surface area contributed by atoms with Crippen molar-refractivity contribution in [1.82, 2.24) is 10.6 Å². The monoisotopic (exact) mass is 414 g/mol. The molecule has 0 amide bonds. The maximum absolute atomic E-state index is 5.64.